The first-order valence-corrected chi connectivity index (χ1v) is 8.40. The fraction of sp³-hybridized carbons (Fsp3) is 0.0435. The molecule has 0 bridgehead atoms. The van der Waals surface area contributed by atoms with E-state index in [4.69, 9.17) is 9.47 Å². The fourth-order valence-corrected chi connectivity index (χ4v) is 2.45. The zero-order chi connectivity index (χ0) is 18.9. The van der Waals surface area contributed by atoms with Gasteiger partial charge in [-0.1, -0.05) is 60.7 Å². The Morgan fingerprint density at radius 1 is 0.889 bits per heavy atom. The molecule has 0 N–H and O–H groups in total. The summed E-state index contributed by atoms with van der Waals surface area (Å²) in [6.45, 7) is -0.183. The summed E-state index contributed by atoms with van der Waals surface area (Å²) in [5.74, 6) is 0.506. The number of hydrogen-bond acceptors (Lipinski definition) is 4. The molecule has 0 saturated carbocycles. The molecule has 0 unspecified atom stereocenters. The van der Waals surface area contributed by atoms with Crippen LogP contribution in [0.25, 0.3) is 11.6 Å². The van der Waals surface area contributed by atoms with Gasteiger partial charge in [0.25, 0.3) is 0 Å². The van der Waals surface area contributed by atoms with Crippen molar-refractivity contribution in [3.8, 4) is 17.6 Å². The van der Waals surface area contributed by atoms with Crippen LogP contribution in [0.4, 0.5) is 0 Å². The number of nitriles is 1. The first kappa shape index (κ1) is 18.0. The van der Waals surface area contributed by atoms with Crippen LogP contribution in [0.3, 0.4) is 0 Å². The highest BCUT2D eigenvalue weighted by molar-refractivity contribution is 5.89. The van der Waals surface area contributed by atoms with Gasteiger partial charge in [0.15, 0.2) is 6.61 Å². The number of carbonyl (C=O) groups is 1. The minimum absolute atomic E-state index is 0.183. The molecule has 0 radical (unpaired) electrons. The maximum absolute atomic E-state index is 12.0. The van der Waals surface area contributed by atoms with E-state index in [0.717, 1.165) is 11.1 Å². The quantitative estimate of drug-likeness (QED) is 0.277. The van der Waals surface area contributed by atoms with Crippen LogP contribution in [0, 0.1) is 11.3 Å². The summed E-state index contributed by atoms with van der Waals surface area (Å²) < 4.78 is 10.7. The fourth-order valence-electron chi connectivity index (χ4n) is 2.45. The Kier molecular flexibility index (Phi) is 6.00. The molecule has 3 aromatic carbocycles. The third-order valence-electron chi connectivity index (χ3n) is 3.71. The Morgan fingerprint density at radius 3 is 2.26 bits per heavy atom. The number of rotatable bonds is 6. The number of carbonyl (C=O) groups excluding carboxylic acids is 1. The van der Waals surface area contributed by atoms with Gasteiger partial charge in [-0.05, 0) is 41.5 Å². The normalized spacial score (nSPS) is 10.7. The van der Waals surface area contributed by atoms with Crippen LogP contribution >= 0.6 is 0 Å². The lowest BCUT2D eigenvalue weighted by atomic mass is 10.0. The van der Waals surface area contributed by atoms with Gasteiger partial charge in [-0.15, -0.1) is 0 Å². The Morgan fingerprint density at radius 2 is 1.56 bits per heavy atom. The van der Waals surface area contributed by atoms with E-state index in [1.165, 1.54) is 0 Å². The molecule has 4 heteroatoms. The number of benzene rings is 3. The van der Waals surface area contributed by atoms with Gasteiger partial charge in [0.2, 0.25) is 0 Å². The van der Waals surface area contributed by atoms with Crippen molar-refractivity contribution >= 4 is 17.6 Å². The highest BCUT2D eigenvalue weighted by atomic mass is 16.6. The third kappa shape index (κ3) is 5.32. The maximum atomic E-state index is 12.0. The van der Waals surface area contributed by atoms with Crippen molar-refractivity contribution in [2.24, 2.45) is 0 Å². The van der Waals surface area contributed by atoms with Gasteiger partial charge in [-0.2, -0.15) is 5.26 Å². The van der Waals surface area contributed by atoms with Crippen molar-refractivity contribution in [2.45, 2.75) is 0 Å². The second kappa shape index (κ2) is 9.02. The molecule has 0 fully saturated rings. The van der Waals surface area contributed by atoms with Crippen molar-refractivity contribution in [3.05, 3.63) is 96.1 Å². The summed E-state index contributed by atoms with van der Waals surface area (Å²) in [4.78, 5) is 12.0. The van der Waals surface area contributed by atoms with Gasteiger partial charge in [0.1, 0.15) is 11.5 Å². The number of nitrogens with zero attached hydrogens (tertiary/aromatic N) is 1. The van der Waals surface area contributed by atoms with Crippen molar-refractivity contribution in [1.82, 2.24) is 0 Å². The summed E-state index contributed by atoms with van der Waals surface area (Å²) in [5.41, 5.74) is 2.13. The van der Waals surface area contributed by atoms with Crippen LogP contribution in [-0.4, -0.2) is 12.6 Å². The predicted octanol–water partition coefficient (Wildman–Crippen LogP) is 4.74. The second-order valence-corrected chi connectivity index (χ2v) is 5.68. The number of hydrogen-bond donors (Lipinski definition) is 0. The van der Waals surface area contributed by atoms with Gasteiger partial charge in [0.05, 0.1) is 11.6 Å². The van der Waals surface area contributed by atoms with Crippen LogP contribution in [-0.2, 0) is 4.79 Å². The molecule has 132 valence electrons. The smallest absolute Gasteiger partial charge is 0.349 e. The minimum atomic E-state index is -0.497. The molecule has 27 heavy (non-hydrogen) atoms. The summed E-state index contributed by atoms with van der Waals surface area (Å²) in [7, 11) is 0. The zero-order valence-corrected chi connectivity index (χ0v) is 14.5. The third-order valence-corrected chi connectivity index (χ3v) is 3.71. The predicted molar refractivity (Wildman–Crippen MR) is 104 cm³/mol. The van der Waals surface area contributed by atoms with E-state index >= 15 is 0 Å². The van der Waals surface area contributed by atoms with Crippen molar-refractivity contribution in [2.75, 3.05) is 6.61 Å². The molecular weight excluding hydrogens is 338 g/mol. The lowest BCUT2D eigenvalue weighted by Gasteiger charge is -2.07. The molecule has 0 saturated heterocycles. The van der Waals surface area contributed by atoms with E-state index in [1.54, 1.807) is 36.4 Å². The highest BCUT2D eigenvalue weighted by Crippen LogP contribution is 2.20. The molecular formula is C23H17NO3. The van der Waals surface area contributed by atoms with Crippen molar-refractivity contribution < 1.29 is 14.3 Å². The largest absolute Gasteiger partial charge is 0.482 e. The lowest BCUT2D eigenvalue weighted by molar-refractivity contribution is -0.136. The monoisotopic (exact) mass is 355 g/mol. The molecule has 3 rings (SSSR count). The van der Waals surface area contributed by atoms with E-state index in [-0.39, 0.29) is 6.61 Å². The Hall–Kier alpha value is -3.84. The van der Waals surface area contributed by atoms with Crippen molar-refractivity contribution in [1.29, 1.82) is 5.26 Å². The Bertz CT molecular complexity index is 973. The molecule has 0 atom stereocenters. The van der Waals surface area contributed by atoms with E-state index < -0.39 is 5.97 Å². The molecule has 3 aromatic rings. The average Bonchev–Trinajstić information content (AvgIpc) is 2.72. The highest BCUT2D eigenvalue weighted by Gasteiger charge is 2.07. The van der Waals surface area contributed by atoms with Gasteiger partial charge in [0, 0.05) is 0 Å². The van der Waals surface area contributed by atoms with Crippen LogP contribution in [0.2, 0.25) is 0 Å². The van der Waals surface area contributed by atoms with E-state index in [0.29, 0.717) is 17.1 Å². The number of ether oxygens (including phenoxy) is 2. The van der Waals surface area contributed by atoms with Crippen LogP contribution in [0.15, 0.2) is 84.9 Å². The molecule has 0 aromatic heterocycles. The van der Waals surface area contributed by atoms with Gasteiger partial charge in [-0.3, -0.25) is 0 Å². The summed E-state index contributed by atoms with van der Waals surface area (Å²) >= 11 is 0. The molecule has 0 aliphatic rings. The number of allylic oxidation sites excluding steroid dienone is 1. The van der Waals surface area contributed by atoms with E-state index in [2.05, 4.69) is 6.07 Å². The molecule has 4 nitrogen and oxygen atoms in total. The summed E-state index contributed by atoms with van der Waals surface area (Å²) in [6.07, 6.45) is 1.76. The molecule has 0 spiro atoms. The Labute approximate surface area is 157 Å². The minimum Gasteiger partial charge on any atom is -0.482 e. The first-order valence-electron chi connectivity index (χ1n) is 8.40. The zero-order valence-electron chi connectivity index (χ0n) is 14.5. The second-order valence-electron chi connectivity index (χ2n) is 5.68. The lowest BCUT2D eigenvalue weighted by Crippen LogP contribution is -2.17. The average molecular weight is 355 g/mol. The van der Waals surface area contributed by atoms with Gasteiger partial charge < -0.3 is 9.47 Å². The van der Waals surface area contributed by atoms with E-state index in [9.17, 15) is 10.1 Å². The van der Waals surface area contributed by atoms with Crippen LogP contribution in [0.1, 0.15) is 11.1 Å². The van der Waals surface area contributed by atoms with Crippen LogP contribution < -0.4 is 9.47 Å². The van der Waals surface area contributed by atoms with Crippen molar-refractivity contribution in [3.63, 3.8) is 0 Å². The molecule has 0 aliphatic heterocycles. The molecule has 0 amide bonds. The Balaban J connectivity index is 1.67. The molecule has 0 heterocycles. The summed E-state index contributed by atoms with van der Waals surface area (Å²) in [5, 5.41) is 9.41. The topological polar surface area (TPSA) is 59.3 Å². The van der Waals surface area contributed by atoms with Crippen LogP contribution in [0.5, 0.6) is 11.5 Å². The molecule has 0 aliphatic carbocycles. The number of para-hydroxylation sites is 1. The standard InChI is InChI=1S/C23H17NO3/c24-16-20(19-9-3-1-4-10-19)14-18-8-7-13-22(15-18)27-23(25)17-26-21-11-5-2-6-12-21/h1-15H,17H2/b20-14-. The van der Waals surface area contributed by atoms with Gasteiger partial charge in [-0.25, -0.2) is 4.79 Å². The SMILES string of the molecule is N#C/C(=C/c1cccc(OC(=O)COc2ccccc2)c1)c1ccccc1. The first-order chi connectivity index (χ1) is 13.2. The number of esters is 1. The van der Waals surface area contributed by atoms with Gasteiger partial charge >= 0.3 is 5.97 Å². The summed E-state index contributed by atoms with van der Waals surface area (Å²) in [6, 6.07) is 27.7. The van der Waals surface area contributed by atoms with E-state index in [1.807, 2.05) is 54.6 Å². The maximum Gasteiger partial charge on any atom is 0.349 e.